The highest BCUT2D eigenvalue weighted by molar-refractivity contribution is 5.77. The predicted molar refractivity (Wildman–Crippen MR) is 112 cm³/mol. The van der Waals surface area contributed by atoms with E-state index < -0.39 is 0 Å². The van der Waals surface area contributed by atoms with E-state index in [1.54, 1.807) is 7.11 Å². The van der Waals surface area contributed by atoms with E-state index in [1.165, 1.54) is 11.1 Å². The second-order valence-corrected chi connectivity index (χ2v) is 7.71. The fraction of sp³-hybridized carbons (Fsp3) is 0.458. The summed E-state index contributed by atoms with van der Waals surface area (Å²) in [4.78, 5) is 15.1. The Morgan fingerprint density at radius 3 is 2.90 bits per heavy atom. The minimum Gasteiger partial charge on any atom is -0.497 e. The number of amides is 1. The van der Waals surface area contributed by atoms with E-state index in [2.05, 4.69) is 12.1 Å². The molecule has 1 aliphatic heterocycles. The van der Waals surface area contributed by atoms with E-state index in [9.17, 15) is 4.79 Å². The van der Waals surface area contributed by atoms with Gasteiger partial charge in [0.05, 0.1) is 7.11 Å². The molecule has 1 atom stereocenters. The van der Waals surface area contributed by atoms with Gasteiger partial charge in [0.2, 0.25) is 5.91 Å². The first-order chi connectivity index (χ1) is 14.2. The number of methoxy groups -OCH3 is 1. The van der Waals surface area contributed by atoms with Gasteiger partial charge in [0, 0.05) is 25.1 Å². The van der Waals surface area contributed by atoms with Gasteiger partial charge in [0.25, 0.3) is 0 Å². The van der Waals surface area contributed by atoms with Gasteiger partial charge in [-0.3, -0.25) is 4.79 Å². The molecule has 5 nitrogen and oxygen atoms in total. The van der Waals surface area contributed by atoms with E-state index in [0.717, 1.165) is 42.1 Å². The Labute approximate surface area is 172 Å². The van der Waals surface area contributed by atoms with Gasteiger partial charge in [-0.15, -0.1) is 0 Å². The van der Waals surface area contributed by atoms with Crippen LogP contribution in [0, 0.1) is 0 Å². The molecule has 2 aromatic carbocycles. The van der Waals surface area contributed by atoms with Crippen molar-refractivity contribution in [3.8, 4) is 17.2 Å². The Bertz CT molecular complexity index is 879. The molecule has 1 aliphatic carbocycles. The Balaban J connectivity index is 1.48. The monoisotopic (exact) mass is 395 g/mol. The van der Waals surface area contributed by atoms with Gasteiger partial charge < -0.3 is 19.1 Å². The summed E-state index contributed by atoms with van der Waals surface area (Å²) < 4.78 is 16.9. The molecule has 0 fully saturated rings. The zero-order valence-electron chi connectivity index (χ0n) is 17.3. The SMILES string of the molecule is CCN(Cc1cccc2c1OCCO2)C(=O)CC1CCCc2cc(OC)ccc21. The van der Waals surface area contributed by atoms with Gasteiger partial charge in [-0.05, 0) is 61.4 Å². The molecule has 0 saturated carbocycles. The fourth-order valence-corrected chi connectivity index (χ4v) is 4.41. The average molecular weight is 395 g/mol. The first-order valence-corrected chi connectivity index (χ1v) is 10.5. The first kappa shape index (κ1) is 19.6. The highest BCUT2D eigenvalue weighted by Gasteiger charge is 2.26. The molecule has 2 aromatic rings. The van der Waals surface area contributed by atoms with Gasteiger partial charge in [0.15, 0.2) is 11.5 Å². The van der Waals surface area contributed by atoms with Crippen molar-refractivity contribution >= 4 is 5.91 Å². The van der Waals surface area contributed by atoms with Gasteiger partial charge in [-0.2, -0.15) is 0 Å². The minimum absolute atomic E-state index is 0.190. The Kier molecular flexibility index (Phi) is 5.93. The lowest BCUT2D eigenvalue weighted by atomic mass is 9.80. The van der Waals surface area contributed by atoms with Gasteiger partial charge in [0.1, 0.15) is 19.0 Å². The summed E-state index contributed by atoms with van der Waals surface area (Å²) >= 11 is 0. The normalized spacial score (nSPS) is 17.4. The van der Waals surface area contributed by atoms with E-state index in [0.29, 0.717) is 32.7 Å². The Morgan fingerprint density at radius 1 is 1.21 bits per heavy atom. The number of carbonyl (C=O) groups is 1. The molecule has 1 unspecified atom stereocenters. The molecule has 0 spiro atoms. The second kappa shape index (κ2) is 8.76. The third-order valence-corrected chi connectivity index (χ3v) is 5.95. The summed E-state index contributed by atoms with van der Waals surface area (Å²) in [5.74, 6) is 2.90. The lowest BCUT2D eigenvalue weighted by Crippen LogP contribution is -2.32. The molecular weight excluding hydrogens is 366 g/mol. The number of fused-ring (bicyclic) bond motifs is 2. The predicted octanol–water partition coefficient (Wildman–Crippen LogP) is 4.33. The van der Waals surface area contributed by atoms with Crippen molar-refractivity contribution < 1.29 is 19.0 Å². The van der Waals surface area contributed by atoms with Crippen LogP contribution in [-0.2, 0) is 17.8 Å². The number of nitrogens with zero attached hydrogens (tertiary/aromatic N) is 1. The molecule has 0 radical (unpaired) electrons. The summed E-state index contributed by atoms with van der Waals surface area (Å²) in [6.45, 7) is 4.37. The van der Waals surface area contributed by atoms with Crippen LogP contribution in [0.15, 0.2) is 36.4 Å². The number of ether oxygens (including phenoxy) is 3. The number of rotatable bonds is 6. The summed E-state index contributed by atoms with van der Waals surface area (Å²) in [5, 5.41) is 0. The summed E-state index contributed by atoms with van der Waals surface area (Å²) in [6, 6.07) is 12.2. The van der Waals surface area contributed by atoms with E-state index >= 15 is 0 Å². The van der Waals surface area contributed by atoms with Crippen molar-refractivity contribution in [2.75, 3.05) is 26.9 Å². The standard InChI is InChI=1S/C24H29NO4/c1-3-25(16-19-8-5-9-22-24(19)29-13-12-28-22)23(26)15-18-7-4-6-17-14-20(27-2)10-11-21(17)18/h5,8-11,14,18H,3-4,6-7,12-13,15-16H2,1-2H3. The highest BCUT2D eigenvalue weighted by Crippen LogP contribution is 2.37. The lowest BCUT2D eigenvalue weighted by molar-refractivity contribution is -0.132. The van der Waals surface area contributed by atoms with Crippen LogP contribution < -0.4 is 14.2 Å². The molecule has 0 saturated heterocycles. The molecule has 5 heteroatoms. The molecule has 2 aliphatic rings. The van der Waals surface area contributed by atoms with Crippen LogP contribution in [0.25, 0.3) is 0 Å². The van der Waals surface area contributed by atoms with Crippen LogP contribution in [0.1, 0.15) is 48.8 Å². The van der Waals surface area contributed by atoms with Crippen molar-refractivity contribution in [2.24, 2.45) is 0 Å². The fourth-order valence-electron chi connectivity index (χ4n) is 4.41. The lowest BCUT2D eigenvalue weighted by Gasteiger charge is -2.29. The molecule has 4 rings (SSSR count). The first-order valence-electron chi connectivity index (χ1n) is 10.5. The zero-order chi connectivity index (χ0) is 20.2. The largest absolute Gasteiger partial charge is 0.497 e. The maximum absolute atomic E-state index is 13.2. The van der Waals surface area contributed by atoms with Crippen molar-refractivity contribution in [3.63, 3.8) is 0 Å². The molecular formula is C24H29NO4. The maximum atomic E-state index is 13.2. The van der Waals surface area contributed by atoms with Crippen molar-refractivity contribution in [1.82, 2.24) is 4.90 Å². The molecule has 1 heterocycles. The summed E-state index contributed by atoms with van der Waals surface area (Å²) in [7, 11) is 1.70. The Hall–Kier alpha value is -2.69. The average Bonchev–Trinajstić information content (AvgIpc) is 2.77. The second-order valence-electron chi connectivity index (χ2n) is 7.71. The maximum Gasteiger partial charge on any atom is 0.223 e. The van der Waals surface area contributed by atoms with Crippen LogP contribution in [0.5, 0.6) is 17.2 Å². The molecule has 29 heavy (non-hydrogen) atoms. The summed E-state index contributed by atoms with van der Waals surface area (Å²) in [6.07, 6.45) is 3.77. The van der Waals surface area contributed by atoms with Gasteiger partial charge >= 0.3 is 0 Å². The van der Waals surface area contributed by atoms with Crippen molar-refractivity contribution in [3.05, 3.63) is 53.1 Å². The smallest absolute Gasteiger partial charge is 0.223 e. The van der Waals surface area contributed by atoms with Crippen molar-refractivity contribution in [1.29, 1.82) is 0 Å². The van der Waals surface area contributed by atoms with Crippen LogP contribution in [-0.4, -0.2) is 37.7 Å². The van der Waals surface area contributed by atoms with Gasteiger partial charge in [-0.1, -0.05) is 18.2 Å². The van der Waals surface area contributed by atoms with Crippen LogP contribution in [0.4, 0.5) is 0 Å². The third-order valence-electron chi connectivity index (χ3n) is 5.95. The quantitative estimate of drug-likeness (QED) is 0.731. The number of para-hydroxylation sites is 1. The number of hydrogen-bond donors (Lipinski definition) is 0. The van der Waals surface area contributed by atoms with E-state index in [-0.39, 0.29) is 11.8 Å². The van der Waals surface area contributed by atoms with E-state index in [1.807, 2.05) is 36.1 Å². The number of aryl methyl sites for hydroxylation is 1. The van der Waals surface area contributed by atoms with Crippen LogP contribution in [0.2, 0.25) is 0 Å². The minimum atomic E-state index is 0.190. The van der Waals surface area contributed by atoms with Crippen LogP contribution >= 0.6 is 0 Å². The zero-order valence-corrected chi connectivity index (χ0v) is 17.3. The van der Waals surface area contributed by atoms with Gasteiger partial charge in [-0.25, -0.2) is 0 Å². The number of benzene rings is 2. The molecule has 0 bridgehead atoms. The molecule has 0 N–H and O–H groups in total. The van der Waals surface area contributed by atoms with E-state index in [4.69, 9.17) is 14.2 Å². The van der Waals surface area contributed by atoms with Crippen molar-refractivity contribution in [2.45, 2.75) is 45.1 Å². The number of hydrogen-bond acceptors (Lipinski definition) is 4. The molecule has 0 aromatic heterocycles. The third kappa shape index (κ3) is 4.19. The Morgan fingerprint density at radius 2 is 2.07 bits per heavy atom. The topological polar surface area (TPSA) is 48.0 Å². The van der Waals surface area contributed by atoms with Crippen LogP contribution in [0.3, 0.4) is 0 Å². The highest BCUT2D eigenvalue weighted by atomic mass is 16.6. The molecule has 1 amide bonds. The summed E-state index contributed by atoms with van der Waals surface area (Å²) in [5.41, 5.74) is 3.63. The number of carbonyl (C=O) groups excluding carboxylic acids is 1. The molecule has 154 valence electrons.